The summed E-state index contributed by atoms with van der Waals surface area (Å²) in [5, 5.41) is 5.33. The molecule has 4 nitrogen and oxygen atoms in total. The summed E-state index contributed by atoms with van der Waals surface area (Å²) in [6.45, 7) is 4.24. The lowest BCUT2D eigenvalue weighted by atomic mass is 9.85. The fourth-order valence-electron chi connectivity index (χ4n) is 2.33. The van der Waals surface area contributed by atoms with E-state index in [9.17, 15) is 4.79 Å². The molecule has 0 aliphatic heterocycles. The number of thiazole rings is 1. The number of hydrogen-bond acceptors (Lipinski definition) is 4. The van der Waals surface area contributed by atoms with Crippen LogP contribution in [-0.4, -0.2) is 18.0 Å². The van der Waals surface area contributed by atoms with Gasteiger partial charge in [0.25, 0.3) is 0 Å². The van der Waals surface area contributed by atoms with Crippen molar-refractivity contribution in [1.29, 1.82) is 0 Å². The highest BCUT2D eigenvalue weighted by atomic mass is 32.1. The maximum Gasteiger partial charge on any atom is 0.226 e. The Kier molecular flexibility index (Phi) is 5.33. The van der Waals surface area contributed by atoms with Gasteiger partial charge in [-0.05, 0) is 23.5 Å². The summed E-state index contributed by atoms with van der Waals surface area (Å²) in [7, 11) is 1.66. The predicted octanol–water partition coefficient (Wildman–Crippen LogP) is 3.92. The number of aromatic nitrogens is 1. The van der Waals surface area contributed by atoms with Gasteiger partial charge in [0.1, 0.15) is 5.75 Å². The third-order valence-electron chi connectivity index (χ3n) is 3.43. The summed E-state index contributed by atoms with van der Waals surface area (Å²) < 4.78 is 5.42. The number of methoxy groups -OCH3 is 1. The first-order valence-corrected chi connectivity index (χ1v) is 7.82. The van der Waals surface area contributed by atoms with E-state index in [0.717, 1.165) is 11.3 Å². The van der Waals surface area contributed by atoms with Crippen molar-refractivity contribution in [3.8, 4) is 5.75 Å². The molecule has 1 amide bonds. The fourth-order valence-corrected chi connectivity index (χ4v) is 2.88. The van der Waals surface area contributed by atoms with Gasteiger partial charge >= 0.3 is 0 Å². The van der Waals surface area contributed by atoms with Gasteiger partial charge in [0, 0.05) is 18.0 Å². The van der Waals surface area contributed by atoms with Crippen molar-refractivity contribution in [1.82, 2.24) is 4.98 Å². The van der Waals surface area contributed by atoms with Crippen LogP contribution in [0.1, 0.15) is 31.7 Å². The fraction of sp³-hybridized carbons (Fsp3) is 0.375. The summed E-state index contributed by atoms with van der Waals surface area (Å²) in [4.78, 5) is 16.3. The molecule has 1 unspecified atom stereocenters. The van der Waals surface area contributed by atoms with E-state index in [1.165, 1.54) is 11.3 Å². The normalized spacial score (nSPS) is 12.2. The van der Waals surface area contributed by atoms with E-state index in [1.807, 2.05) is 29.6 Å². The number of benzene rings is 1. The number of para-hydroxylation sites is 1. The number of nitrogens with zero attached hydrogens (tertiary/aromatic N) is 1. The molecule has 112 valence electrons. The number of carbonyl (C=O) groups is 1. The number of anilines is 1. The van der Waals surface area contributed by atoms with Crippen molar-refractivity contribution < 1.29 is 9.53 Å². The van der Waals surface area contributed by atoms with Crippen LogP contribution in [0, 0.1) is 5.92 Å². The van der Waals surface area contributed by atoms with Crippen LogP contribution in [0.2, 0.25) is 0 Å². The Hall–Kier alpha value is -1.88. The summed E-state index contributed by atoms with van der Waals surface area (Å²) in [5.74, 6) is 1.26. The lowest BCUT2D eigenvalue weighted by molar-refractivity contribution is -0.116. The van der Waals surface area contributed by atoms with Crippen LogP contribution < -0.4 is 10.1 Å². The van der Waals surface area contributed by atoms with E-state index in [2.05, 4.69) is 24.1 Å². The average Bonchev–Trinajstić information content (AvgIpc) is 2.97. The van der Waals surface area contributed by atoms with Gasteiger partial charge in [-0.1, -0.05) is 32.0 Å². The second-order valence-corrected chi connectivity index (χ2v) is 6.08. The molecule has 0 saturated carbocycles. The minimum Gasteiger partial charge on any atom is -0.496 e. The Balaban J connectivity index is 2.14. The molecule has 0 aliphatic rings. The van der Waals surface area contributed by atoms with E-state index < -0.39 is 0 Å². The molecule has 1 heterocycles. The molecule has 0 spiro atoms. The molecular weight excluding hydrogens is 284 g/mol. The van der Waals surface area contributed by atoms with Crippen LogP contribution in [0.3, 0.4) is 0 Å². The number of amides is 1. The molecule has 2 rings (SSSR count). The maximum absolute atomic E-state index is 12.2. The topological polar surface area (TPSA) is 51.2 Å². The van der Waals surface area contributed by atoms with Gasteiger partial charge in [-0.2, -0.15) is 0 Å². The van der Waals surface area contributed by atoms with Crippen molar-refractivity contribution in [3.05, 3.63) is 41.4 Å². The van der Waals surface area contributed by atoms with Gasteiger partial charge in [0.2, 0.25) is 5.91 Å². The Morgan fingerprint density at radius 3 is 2.76 bits per heavy atom. The van der Waals surface area contributed by atoms with Gasteiger partial charge in [0.05, 0.1) is 7.11 Å². The first-order chi connectivity index (χ1) is 10.1. The van der Waals surface area contributed by atoms with Crippen LogP contribution in [0.5, 0.6) is 5.75 Å². The number of carbonyl (C=O) groups excluding carboxylic acids is 1. The lowest BCUT2D eigenvalue weighted by Crippen LogP contribution is -2.19. The Bertz CT molecular complexity index is 582. The van der Waals surface area contributed by atoms with Gasteiger partial charge in [-0.25, -0.2) is 4.98 Å². The zero-order valence-corrected chi connectivity index (χ0v) is 13.3. The number of nitrogens with one attached hydrogen (secondary N) is 1. The molecule has 21 heavy (non-hydrogen) atoms. The van der Waals surface area contributed by atoms with Crippen molar-refractivity contribution in [2.45, 2.75) is 26.2 Å². The molecule has 1 aromatic heterocycles. The van der Waals surface area contributed by atoms with Gasteiger partial charge in [0.15, 0.2) is 5.13 Å². The van der Waals surface area contributed by atoms with E-state index >= 15 is 0 Å². The SMILES string of the molecule is COc1ccccc1C(CC(=O)Nc1nccs1)C(C)C. The van der Waals surface area contributed by atoms with E-state index in [4.69, 9.17) is 4.74 Å². The van der Waals surface area contributed by atoms with E-state index in [1.54, 1.807) is 13.3 Å². The standard InChI is InChI=1S/C16H20N2O2S/c1-11(2)13(12-6-4-5-7-14(12)20-3)10-15(19)18-16-17-8-9-21-16/h4-9,11,13H,10H2,1-3H3,(H,17,18,19). The summed E-state index contributed by atoms with van der Waals surface area (Å²) in [5.41, 5.74) is 1.07. The second kappa shape index (κ2) is 7.22. The third-order valence-corrected chi connectivity index (χ3v) is 4.12. The molecule has 2 aromatic rings. The molecule has 0 aliphatic carbocycles. The van der Waals surface area contributed by atoms with Crippen molar-refractivity contribution >= 4 is 22.4 Å². The monoisotopic (exact) mass is 304 g/mol. The highest BCUT2D eigenvalue weighted by Crippen LogP contribution is 2.34. The molecule has 1 atom stereocenters. The van der Waals surface area contributed by atoms with Crippen molar-refractivity contribution in [2.24, 2.45) is 5.92 Å². The molecule has 0 bridgehead atoms. The lowest BCUT2D eigenvalue weighted by Gasteiger charge is -2.22. The van der Waals surface area contributed by atoms with Crippen LogP contribution in [0.25, 0.3) is 0 Å². The molecule has 1 aromatic carbocycles. The number of hydrogen-bond donors (Lipinski definition) is 1. The minimum absolute atomic E-state index is 0.0189. The van der Waals surface area contributed by atoms with Crippen LogP contribution in [-0.2, 0) is 4.79 Å². The maximum atomic E-state index is 12.2. The van der Waals surface area contributed by atoms with Crippen molar-refractivity contribution in [2.75, 3.05) is 12.4 Å². The molecule has 5 heteroatoms. The second-order valence-electron chi connectivity index (χ2n) is 5.18. The molecule has 0 radical (unpaired) electrons. The average molecular weight is 304 g/mol. The Morgan fingerprint density at radius 2 is 2.14 bits per heavy atom. The molecule has 0 fully saturated rings. The van der Waals surface area contributed by atoms with Crippen LogP contribution in [0.4, 0.5) is 5.13 Å². The highest BCUT2D eigenvalue weighted by molar-refractivity contribution is 7.13. The first-order valence-electron chi connectivity index (χ1n) is 6.94. The molecule has 0 saturated heterocycles. The quantitative estimate of drug-likeness (QED) is 0.880. The summed E-state index contributed by atoms with van der Waals surface area (Å²) in [6, 6.07) is 7.88. The number of ether oxygens (including phenoxy) is 1. The van der Waals surface area contributed by atoms with Crippen LogP contribution >= 0.6 is 11.3 Å². The van der Waals surface area contributed by atoms with Gasteiger partial charge < -0.3 is 10.1 Å². The predicted molar refractivity (Wildman–Crippen MR) is 85.9 cm³/mol. The van der Waals surface area contributed by atoms with Gasteiger partial charge in [-0.15, -0.1) is 11.3 Å². The van der Waals surface area contributed by atoms with E-state index in [-0.39, 0.29) is 11.8 Å². The smallest absolute Gasteiger partial charge is 0.226 e. The Labute approximate surface area is 129 Å². The minimum atomic E-state index is -0.0189. The molecular formula is C16H20N2O2S. The van der Waals surface area contributed by atoms with E-state index in [0.29, 0.717) is 17.5 Å². The van der Waals surface area contributed by atoms with Crippen LogP contribution in [0.15, 0.2) is 35.8 Å². The summed E-state index contributed by atoms with van der Waals surface area (Å²) >= 11 is 1.42. The zero-order valence-electron chi connectivity index (χ0n) is 12.5. The number of rotatable bonds is 6. The summed E-state index contributed by atoms with van der Waals surface area (Å²) in [6.07, 6.45) is 2.10. The van der Waals surface area contributed by atoms with Crippen molar-refractivity contribution in [3.63, 3.8) is 0 Å². The Morgan fingerprint density at radius 1 is 1.38 bits per heavy atom. The highest BCUT2D eigenvalue weighted by Gasteiger charge is 2.22. The molecule has 1 N–H and O–H groups in total. The first kappa shape index (κ1) is 15.5. The largest absolute Gasteiger partial charge is 0.496 e. The zero-order chi connectivity index (χ0) is 15.2. The van der Waals surface area contributed by atoms with Gasteiger partial charge in [-0.3, -0.25) is 4.79 Å². The third kappa shape index (κ3) is 4.04.